The van der Waals surface area contributed by atoms with E-state index in [1.807, 2.05) is 61.5 Å². The highest BCUT2D eigenvalue weighted by Crippen LogP contribution is 2.26. The Morgan fingerprint density at radius 3 is 2.39 bits per heavy atom. The number of nitrogens with one attached hydrogen (secondary N) is 1. The lowest BCUT2D eigenvalue weighted by Crippen LogP contribution is -2.14. The summed E-state index contributed by atoms with van der Waals surface area (Å²) in [5, 5.41) is 8.90. The van der Waals surface area contributed by atoms with Gasteiger partial charge in [-0.2, -0.15) is 0 Å². The molecule has 0 radical (unpaired) electrons. The fourth-order valence-electron chi connectivity index (χ4n) is 2.03. The molecule has 0 fully saturated rings. The molecular formula is C16H15N3O2S2. The molecule has 0 aliphatic carbocycles. The minimum Gasteiger partial charge on any atom is -0.257 e. The van der Waals surface area contributed by atoms with Gasteiger partial charge in [-0.3, -0.25) is 4.72 Å². The average molecular weight is 345 g/mol. The predicted molar refractivity (Wildman–Crippen MR) is 92.8 cm³/mol. The lowest BCUT2D eigenvalue weighted by molar-refractivity contribution is 0.600. The molecule has 0 bridgehead atoms. The molecule has 2 aromatic carbocycles. The van der Waals surface area contributed by atoms with E-state index in [-0.39, 0.29) is 10.9 Å². The summed E-state index contributed by atoms with van der Waals surface area (Å²) in [4.78, 5) is 0. The van der Waals surface area contributed by atoms with Crippen LogP contribution in [0.4, 0.5) is 5.13 Å². The first-order valence-corrected chi connectivity index (χ1v) is 9.44. The van der Waals surface area contributed by atoms with Gasteiger partial charge in [0.15, 0.2) is 0 Å². The molecule has 1 heterocycles. The molecule has 118 valence electrons. The van der Waals surface area contributed by atoms with Gasteiger partial charge in [-0.05, 0) is 12.5 Å². The molecule has 0 unspecified atom stereocenters. The van der Waals surface area contributed by atoms with Crippen LogP contribution < -0.4 is 4.72 Å². The van der Waals surface area contributed by atoms with E-state index in [1.165, 1.54) is 11.3 Å². The highest BCUT2D eigenvalue weighted by molar-refractivity contribution is 7.92. The molecule has 0 atom stereocenters. The maximum Gasteiger partial charge on any atom is 0.238 e. The molecule has 0 spiro atoms. The number of anilines is 1. The average Bonchev–Trinajstić information content (AvgIpc) is 2.98. The van der Waals surface area contributed by atoms with E-state index >= 15 is 0 Å². The Labute approximate surface area is 139 Å². The maximum atomic E-state index is 12.2. The van der Waals surface area contributed by atoms with Crippen molar-refractivity contribution in [1.29, 1.82) is 0 Å². The maximum absolute atomic E-state index is 12.2. The summed E-state index contributed by atoms with van der Waals surface area (Å²) in [5.74, 6) is -0.0898. The standard InChI is InChI=1S/C16H15N3O2S2/c1-12-7-9-13(10-8-12)11-23(20,21)19-16-18-17-15(22-16)14-5-3-2-4-6-14/h2-10H,11H2,1H3,(H,18,19). The first kappa shape index (κ1) is 15.6. The van der Waals surface area contributed by atoms with Crippen molar-refractivity contribution in [3.8, 4) is 10.6 Å². The van der Waals surface area contributed by atoms with E-state index in [9.17, 15) is 8.42 Å². The Morgan fingerprint density at radius 1 is 1.00 bits per heavy atom. The largest absolute Gasteiger partial charge is 0.257 e. The summed E-state index contributed by atoms with van der Waals surface area (Å²) >= 11 is 1.21. The Balaban J connectivity index is 1.73. The Bertz CT molecular complexity index is 889. The van der Waals surface area contributed by atoms with Gasteiger partial charge in [0.1, 0.15) is 5.01 Å². The first-order valence-electron chi connectivity index (χ1n) is 6.97. The van der Waals surface area contributed by atoms with Crippen molar-refractivity contribution in [2.24, 2.45) is 0 Å². The Morgan fingerprint density at radius 2 is 1.70 bits per heavy atom. The summed E-state index contributed by atoms with van der Waals surface area (Å²) in [6, 6.07) is 16.9. The van der Waals surface area contributed by atoms with Crippen LogP contribution in [-0.4, -0.2) is 18.6 Å². The van der Waals surface area contributed by atoms with Crippen LogP contribution in [0, 0.1) is 6.92 Å². The number of hydrogen-bond acceptors (Lipinski definition) is 5. The van der Waals surface area contributed by atoms with Crippen LogP contribution >= 0.6 is 11.3 Å². The second-order valence-electron chi connectivity index (χ2n) is 5.13. The van der Waals surface area contributed by atoms with Gasteiger partial charge >= 0.3 is 0 Å². The number of nitrogens with zero attached hydrogens (tertiary/aromatic N) is 2. The van der Waals surface area contributed by atoms with Crippen molar-refractivity contribution in [3.05, 3.63) is 65.7 Å². The van der Waals surface area contributed by atoms with Gasteiger partial charge in [0.05, 0.1) is 5.75 Å². The lowest BCUT2D eigenvalue weighted by atomic mass is 10.2. The third-order valence-electron chi connectivity index (χ3n) is 3.17. The molecule has 7 heteroatoms. The minimum absolute atomic E-state index is 0.0898. The van der Waals surface area contributed by atoms with Gasteiger partial charge in [-0.15, -0.1) is 10.2 Å². The van der Waals surface area contributed by atoms with Crippen LogP contribution in [0.5, 0.6) is 0 Å². The van der Waals surface area contributed by atoms with Crippen molar-refractivity contribution in [3.63, 3.8) is 0 Å². The van der Waals surface area contributed by atoms with E-state index in [0.29, 0.717) is 5.01 Å². The summed E-state index contributed by atoms with van der Waals surface area (Å²) < 4.78 is 26.9. The highest BCUT2D eigenvalue weighted by atomic mass is 32.2. The van der Waals surface area contributed by atoms with E-state index < -0.39 is 10.0 Å². The van der Waals surface area contributed by atoms with Crippen LogP contribution in [0.15, 0.2) is 54.6 Å². The van der Waals surface area contributed by atoms with E-state index in [2.05, 4.69) is 14.9 Å². The SMILES string of the molecule is Cc1ccc(CS(=O)(=O)Nc2nnc(-c3ccccc3)s2)cc1. The highest BCUT2D eigenvalue weighted by Gasteiger charge is 2.15. The van der Waals surface area contributed by atoms with Crippen LogP contribution in [0.2, 0.25) is 0 Å². The van der Waals surface area contributed by atoms with E-state index in [4.69, 9.17) is 0 Å². The molecule has 3 aromatic rings. The summed E-state index contributed by atoms with van der Waals surface area (Å²) in [6.45, 7) is 1.96. The summed E-state index contributed by atoms with van der Waals surface area (Å²) in [5.41, 5.74) is 2.74. The minimum atomic E-state index is -3.51. The zero-order valence-corrected chi connectivity index (χ0v) is 14.1. The summed E-state index contributed by atoms with van der Waals surface area (Å²) in [6.07, 6.45) is 0. The van der Waals surface area contributed by atoms with Crippen molar-refractivity contribution in [2.45, 2.75) is 12.7 Å². The van der Waals surface area contributed by atoms with Crippen LogP contribution in [0.1, 0.15) is 11.1 Å². The molecule has 0 aliphatic heterocycles. The van der Waals surface area contributed by atoms with Crippen molar-refractivity contribution in [2.75, 3.05) is 4.72 Å². The molecule has 23 heavy (non-hydrogen) atoms. The van der Waals surface area contributed by atoms with Crippen LogP contribution in [-0.2, 0) is 15.8 Å². The first-order chi connectivity index (χ1) is 11.0. The molecule has 0 amide bonds. The fourth-order valence-corrected chi connectivity index (χ4v) is 4.19. The van der Waals surface area contributed by atoms with Crippen molar-refractivity contribution in [1.82, 2.24) is 10.2 Å². The quantitative estimate of drug-likeness (QED) is 0.769. The van der Waals surface area contributed by atoms with Gasteiger partial charge in [0, 0.05) is 5.56 Å². The second-order valence-corrected chi connectivity index (χ2v) is 7.82. The van der Waals surface area contributed by atoms with Gasteiger partial charge in [0.25, 0.3) is 0 Å². The topological polar surface area (TPSA) is 72.0 Å². The summed E-state index contributed by atoms with van der Waals surface area (Å²) in [7, 11) is -3.51. The van der Waals surface area contributed by atoms with Crippen molar-refractivity contribution < 1.29 is 8.42 Å². The van der Waals surface area contributed by atoms with Crippen LogP contribution in [0.3, 0.4) is 0 Å². The fraction of sp³-hybridized carbons (Fsp3) is 0.125. The van der Waals surface area contributed by atoms with Gasteiger partial charge in [-0.25, -0.2) is 8.42 Å². The number of hydrogen-bond donors (Lipinski definition) is 1. The number of aryl methyl sites for hydroxylation is 1. The van der Waals surface area contributed by atoms with Crippen LogP contribution in [0.25, 0.3) is 10.6 Å². The van der Waals surface area contributed by atoms with E-state index in [0.717, 1.165) is 16.7 Å². The normalized spacial score (nSPS) is 11.3. The number of rotatable bonds is 5. The van der Waals surface area contributed by atoms with Crippen molar-refractivity contribution >= 4 is 26.5 Å². The van der Waals surface area contributed by atoms with Gasteiger partial charge < -0.3 is 0 Å². The molecular weight excluding hydrogens is 330 g/mol. The van der Waals surface area contributed by atoms with Gasteiger partial charge in [0.2, 0.25) is 15.2 Å². The Kier molecular flexibility index (Phi) is 4.40. The predicted octanol–water partition coefficient (Wildman–Crippen LogP) is 3.46. The molecule has 1 N–H and O–H groups in total. The smallest absolute Gasteiger partial charge is 0.238 e. The number of sulfonamides is 1. The number of aromatic nitrogens is 2. The molecule has 0 saturated heterocycles. The number of benzene rings is 2. The zero-order valence-electron chi connectivity index (χ0n) is 12.4. The zero-order chi connectivity index (χ0) is 16.3. The molecule has 1 aromatic heterocycles. The molecule has 3 rings (SSSR count). The monoisotopic (exact) mass is 345 g/mol. The second kappa shape index (κ2) is 6.47. The third-order valence-corrected chi connectivity index (χ3v) is 5.40. The van der Waals surface area contributed by atoms with Gasteiger partial charge in [-0.1, -0.05) is 71.5 Å². The molecule has 0 saturated carbocycles. The molecule has 0 aliphatic rings. The molecule has 5 nitrogen and oxygen atoms in total. The van der Waals surface area contributed by atoms with E-state index in [1.54, 1.807) is 0 Å². The third kappa shape index (κ3) is 4.14. The lowest BCUT2D eigenvalue weighted by Gasteiger charge is -2.05. The Hall–Kier alpha value is -2.25.